The van der Waals surface area contributed by atoms with Gasteiger partial charge in [-0.15, -0.1) is 12.4 Å². The molecule has 2 amide bonds. The van der Waals surface area contributed by atoms with Crippen molar-refractivity contribution in [2.45, 2.75) is 70.6 Å². The summed E-state index contributed by atoms with van der Waals surface area (Å²) in [4.78, 5) is 37.6. The lowest BCUT2D eigenvalue weighted by Crippen LogP contribution is -2.52. The number of hydrogen-bond acceptors (Lipinski definition) is 4. The molecule has 0 spiro atoms. The number of aromatic nitrogens is 2. The second-order valence-electron chi connectivity index (χ2n) is 7.90. The van der Waals surface area contributed by atoms with Crippen LogP contribution in [0.3, 0.4) is 0 Å². The molecule has 166 valence electrons. The Labute approximate surface area is 183 Å². The van der Waals surface area contributed by atoms with E-state index in [-0.39, 0.29) is 29.9 Å². The van der Waals surface area contributed by atoms with Gasteiger partial charge in [-0.3, -0.25) is 14.2 Å². The Bertz CT molecular complexity index is 918. The second-order valence-corrected chi connectivity index (χ2v) is 7.90. The highest BCUT2D eigenvalue weighted by atomic mass is 35.5. The third-order valence-corrected chi connectivity index (χ3v) is 5.73. The van der Waals surface area contributed by atoms with Gasteiger partial charge in [0.15, 0.2) is 0 Å². The fourth-order valence-corrected chi connectivity index (χ4v) is 4.18. The van der Waals surface area contributed by atoms with E-state index in [1.165, 1.54) is 30.4 Å². The van der Waals surface area contributed by atoms with Crippen LogP contribution < -0.4 is 16.4 Å². The molecule has 1 aliphatic heterocycles. The lowest BCUT2D eigenvalue weighted by atomic mass is 10.0. The van der Waals surface area contributed by atoms with Crippen LogP contribution in [0, 0.1) is 0 Å². The lowest BCUT2D eigenvalue weighted by Gasteiger charge is -2.25. The fourth-order valence-electron chi connectivity index (χ4n) is 4.18. The SMILES string of the molecule is Cl.Cn1c(=O)n(N2C(=O)CCCC2=O)c2cccc(CCCCCCCCCN)c21. The van der Waals surface area contributed by atoms with Crippen LogP contribution in [-0.2, 0) is 23.1 Å². The number of nitrogens with zero attached hydrogens (tertiary/aromatic N) is 3. The molecule has 0 aliphatic carbocycles. The van der Waals surface area contributed by atoms with Crippen LogP contribution in [0.25, 0.3) is 11.0 Å². The van der Waals surface area contributed by atoms with E-state index in [0.717, 1.165) is 48.3 Å². The number of benzene rings is 1. The number of fused-ring (bicyclic) bond motifs is 1. The van der Waals surface area contributed by atoms with E-state index in [9.17, 15) is 14.4 Å². The van der Waals surface area contributed by atoms with Crippen LogP contribution in [-0.4, -0.2) is 27.6 Å². The number of amides is 2. The minimum absolute atomic E-state index is 0. The molecule has 2 heterocycles. The molecule has 30 heavy (non-hydrogen) atoms. The Morgan fingerprint density at radius 1 is 0.900 bits per heavy atom. The number of halogens is 1. The van der Waals surface area contributed by atoms with E-state index in [1.807, 2.05) is 18.2 Å². The lowest BCUT2D eigenvalue weighted by molar-refractivity contribution is -0.131. The van der Waals surface area contributed by atoms with Crippen molar-refractivity contribution >= 4 is 35.3 Å². The summed E-state index contributed by atoms with van der Waals surface area (Å²) in [7, 11) is 1.71. The smallest absolute Gasteiger partial charge is 0.330 e. The van der Waals surface area contributed by atoms with E-state index in [1.54, 1.807) is 11.6 Å². The van der Waals surface area contributed by atoms with Crippen molar-refractivity contribution in [3.63, 3.8) is 0 Å². The third kappa shape index (κ3) is 5.13. The number of hydrogen-bond donors (Lipinski definition) is 1. The van der Waals surface area contributed by atoms with E-state index in [4.69, 9.17) is 5.73 Å². The van der Waals surface area contributed by atoms with Gasteiger partial charge in [-0.2, -0.15) is 9.69 Å². The molecular weight excluding hydrogens is 404 g/mol. The van der Waals surface area contributed by atoms with Gasteiger partial charge in [0.2, 0.25) is 11.8 Å². The van der Waals surface area contributed by atoms with Crippen molar-refractivity contribution in [1.29, 1.82) is 0 Å². The number of piperidine rings is 1. The van der Waals surface area contributed by atoms with Gasteiger partial charge in [0.05, 0.1) is 11.0 Å². The minimum atomic E-state index is -0.351. The molecule has 1 aromatic heterocycles. The summed E-state index contributed by atoms with van der Waals surface area (Å²) >= 11 is 0. The highest BCUT2D eigenvalue weighted by molar-refractivity contribution is 6.11. The Morgan fingerprint density at radius 3 is 2.13 bits per heavy atom. The predicted molar refractivity (Wildman–Crippen MR) is 122 cm³/mol. The average molecular weight is 437 g/mol. The molecule has 0 radical (unpaired) electrons. The summed E-state index contributed by atoms with van der Waals surface area (Å²) in [5.41, 5.74) is 7.69. The Hall–Kier alpha value is -2.12. The number of carbonyl (C=O) groups is 2. The quantitative estimate of drug-likeness (QED) is 0.457. The van der Waals surface area contributed by atoms with Gasteiger partial charge in [-0.1, -0.05) is 44.2 Å². The van der Waals surface area contributed by atoms with Crippen molar-refractivity contribution in [2.75, 3.05) is 11.6 Å². The Balaban J connectivity index is 0.00000320. The summed E-state index contributed by atoms with van der Waals surface area (Å²) in [6.45, 7) is 0.775. The molecule has 0 unspecified atom stereocenters. The third-order valence-electron chi connectivity index (χ3n) is 5.73. The van der Waals surface area contributed by atoms with E-state index in [2.05, 4.69) is 0 Å². The Morgan fingerprint density at radius 2 is 1.50 bits per heavy atom. The number of rotatable bonds is 10. The monoisotopic (exact) mass is 436 g/mol. The van der Waals surface area contributed by atoms with Crippen molar-refractivity contribution < 1.29 is 9.59 Å². The molecule has 0 atom stereocenters. The first-order valence-corrected chi connectivity index (χ1v) is 10.8. The number of imide groups is 1. The van der Waals surface area contributed by atoms with Gasteiger partial charge < -0.3 is 5.73 Å². The van der Waals surface area contributed by atoms with Crippen molar-refractivity contribution in [3.05, 3.63) is 34.2 Å². The molecule has 3 rings (SSSR count). The molecule has 2 N–H and O–H groups in total. The van der Waals surface area contributed by atoms with Crippen LogP contribution in [0.4, 0.5) is 0 Å². The first-order chi connectivity index (χ1) is 14.1. The van der Waals surface area contributed by atoms with Crippen molar-refractivity contribution in [1.82, 2.24) is 9.24 Å². The van der Waals surface area contributed by atoms with Crippen LogP contribution in [0.15, 0.2) is 23.0 Å². The van der Waals surface area contributed by atoms with Gasteiger partial charge in [-0.05, 0) is 43.9 Å². The van der Waals surface area contributed by atoms with Crippen LogP contribution in [0.1, 0.15) is 69.8 Å². The molecular formula is C22H33ClN4O3. The predicted octanol–water partition coefficient (Wildman–Crippen LogP) is 3.17. The van der Waals surface area contributed by atoms with Crippen molar-refractivity contribution in [2.24, 2.45) is 12.8 Å². The molecule has 7 nitrogen and oxygen atoms in total. The first-order valence-electron chi connectivity index (χ1n) is 10.8. The molecule has 1 saturated heterocycles. The summed E-state index contributed by atoms with van der Waals surface area (Å²) in [6, 6.07) is 5.75. The highest BCUT2D eigenvalue weighted by Gasteiger charge is 2.31. The maximum atomic E-state index is 12.9. The first kappa shape index (κ1) is 24.2. The minimum Gasteiger partial charge on any atom is -0.330 e. The number of unbranched alkanes of at least 4 members (excludes halogenated alkanes) is 6. The largest absolute Gasteiger partial charge is 0.348 e. The summed E-state index contributed by atoms with van der Waals surface area (Å²) in [5.74, 6) is -0.619. The molecule has 1 fully saturated rings. The standard InChI is InChI=1S/C22H32N4O3.ClH/c1-24-21-17(11-7-5-3-2-4-6-8-16-23)12-9-13-18(21)25(22(24)29)26-19(27)14-10-15-20(26)28;/h9,12-13H,2-8,10-11,14-16,23H2,1H3;1H. The molecule has 0 saturated carbocycles. The zero-order valence-corrected chi connectivity index (χ0v) is 18.6. The summed E-state index contributed by atoms with van der Waals surface area (Å²) in [6.07, 6.45) is 10.2. The number of para-hydroxylation sites is 1. The maximum absolute atomic E-state index is 12.9. The number of imidazole rings is 1. The van der Waals surface area contributed by atoms with Crippen LogP contribution >= 0.6 is 12.4 Å². The number of carbonyl (C=O) groups excluding carboxylic acids is 2. The van der Waals surface area contributed by atoms with Gasteiger partial charge in [0.25, 0.3) is 0 Å². The van der Waals surface area contributed by atoms with Gasteiger partial charge in [0.1, 0.15) is 0 Å². The van der Waals surface area contributed by atoms with E-state index >= 15 is 0 Å². The van der Waals surface area contributed by atoms with Gasteiger partial charge in [0, 0.05) is 19.9 Å². The van der Waals surface area contributed by atoms with E-state index in [0.29, 0.717) is 24.8 Å². The molecule has 8 heteroatoms. The molecule has 1 aliphatic rings. The summed E-state index contributed by atoms with van der Waals surface area (Å²) < 4.78 is 2.83. The summed E-state index contributed by atoms with van der Waals surface area (Å²) in [5, 5.41) is 1.04. The van der Waals surface area contributed by atoms with E-state index < -0.39 is 0 Å². The number of nitrogens with two attached hydrogens (primary N) is 1. The average Bonchev–Trinajstić information content (AvgIpc) is 2.96. The van der Waals surface area contributed by atoms with Crippen LogP contribution in [0.2, 0.25) is 0 Å². The highest BCUT2D eigenvalue weighted by Crippen LogP contribution is 2.22. The topological polar surface area (TPSA) is 90.3 Å². The Kier molecular flexibility index (Phi) is 9.11. The molecule has 2 aromatic rings. The van der Waals surface area contributed by atoms with Gasteiger partial charge in [-0.25, -0.2) is 4.79 Å². The second kappa shape index (κ2) is 11.3. The van der Waals surface area contributed by atoms with Crippen LogP contribution in [0.5, 0.6) is 0 Å². The van der Waals surface area contributed by atoms with Gasteiger partial charge >= 0.3 is 5.69 Å². The number of aryl methyl sites for hydroxylation is 2. The molecule has 0 bridgehead atoms. The normalized spacial score (nSPS) is 14.4. The zero-order valence-electron chi connectivity index (χ0n) is 17.8. The fraction of sp³-hybridized carbons (Fsp3) is 0.591. The zero-order chi connectivity index (χ0) is 20.8. The maximum Gasteiger partial charge on any atom is 0.348 e. The molecule has 1 aromatic carbocycles. The van der Waals surface area contributed by atoms with Crippen molar-refractivity contribution in [3.8, 4) is 0 Å².